The summed E-state index contributed by atoms with van der Waals surface area (Å²) in [5.41, 5.74) is -0.952. The summed E-state index contributed by atoms with van der Waals surface area (Å²) < 4.78 is 27.1. The lowest BCUT2D eigenvalue weighted by atomic mass is 10.2. The molecule has 1 aromatic carbocycles. The van der Waals surface area contributed by atoms with E-state index in [4.69, 9.17) is 0 Å². The number of hydrogen-bond acceptors (Lipinski definition) is 5. The molecule has 2 aromatic heterocycles. The average Bonchev–Trinajstić information content (AvgIpc) is 3.05. The number of thiophene rings is 1. The fourth-order valence-corrected chi connectivity index (χ4v) is 4.65. The number of nitrogens with zero attached hydrogens (tertiary/aromatic N) is 1. The second kappa shape index (κ2) is 6.34. The smallest absolute Gasteiger partial charge is 0.307 e. The molecule has 0 aliphatic carbocycles. The maximum absolute atomic E-state index is 12.9. The summed E-state index contributed by atoms with van der Waals surface area (Å²) in [6, 6.07) is 7.85. The fraction of sp³-hybridized carbons (Fsp3) is 0.200. The highest BCUT2D eigenvalue weighted by Crippen LogP contribution is 2.22. The van der Waals surface area contributed by atoms with E-state index in [0.29, 0.717) is 12.1 Å². The van der Waals surface area contributed by atoms with Crippen LogP contribution in [0.5, 0.6) is 0 Å². The van der Waals surface area contributed by atoms with Gasteiger partial charge in [0.15, 0.2) is 0 Å². The Morgan fingerprint density at radius 3 is 2.62 bits per heavy atom. The fourth-order valence-electron chi connectivity index (χ4n) is 2.40. The van der Waals surface area contributed by atoms with Crippen LogP contribution in [0.2, 0.25) is 0 Å². The van der Waals surface area contributed by atoms with Crippen molar-refractivity contribution in [1.29, 1.82) is 0 Å². The summed E-state index contributed by atoms with van der Waals surface area (Å²) in [7, 11) is -3.75. The van der Waals surface area contributed by atoms with Gasteiger partial charge in [-0.25, -0.2) is 13.2 Å². The Hall–Kier alpha value is -2.23. The highest BCUT2D eigenvalue weighted by atomic mass is 32.2. The summed E-state index contributed by atoms with van der Waals surface area (Å²) in [4.78, 5) is 28.7. The predicted octanol–water partition coefficient (Wildman–Crippen LogP) is 1.49. The van der Waals surface area contributed by atoms with Crippen molar-refractivity contribution in [2.75, 3.05) is 6.54 Å². The van der Waals surface area contributed by atoms with Crippen LogP contribution >= 0.6 is 11.3 Å². The van der Waals surface area contributed by atoms with E-state index in [9.17, 15) is 18.0 Å². The van der Waals surface area contributed by atoms with Crippen LogP contribution in [0.3, 0.4) is 0 Å². The van der Waals surface area contributed by atoms with Crippen LogP contribution in [0.25, 0.3) is 10.9 Å². The van der Waals surface area contributed by atoms with Gasteiger partial charge in [0.2, 0.25) is 10.0 Å². The van der Waals surface area contributed by atoms with Crippen molar-refractivity contribution < 1.29 is 8.42 Å². The number of aromatic amines is 2. The number of H-pyrrole nitrogens is 2. The molecule has 0 amide bonds. The number of aromatic nitrogens is 2. The maximum Gasteiger partial charge on any atom is 0.326 e. The molecular formula is C15H15N3O4S2. The van der Waals surface area contributed by atoms with E-state index in [1.807, 2.05) is 17.5 Å². The molecule has 24 heavy (non-hydrogen) atoms. The molecule has 0 spiro atoms. The van der Waals surface area contributed by atoms with Gasteiger partial charge in [-0.05, 0) is 29.6 Å². The number of sulfonamides is 1. The first kappa shape index (κ1) is 16.6. The summed E-state index contributed by atoms with van der Waals surface area (Å²) in [6.45, 7) is 2.34. The van der Waals surface area contributed by atoms with E-state index < -0.39 is 21.3 Å². The van der Waals surface area contributed by atoms with Gasteiger partial charge in [0.1, 0.15) is 0 Å². The van der Waals surface area contributed by atoms with Crippen molar-refractivity contribution in [3.63, 3.8) is 0 Å². The van der Waals surface area contributed by atoms with Crippen LogP contribution in [0, 0.1) is 0 Å². The van der Waals surface area contributed by atoms with Gasteiger partial charge in [-0.2, -0.15) is 4.31 Å². The molecule has 0 saturated heterocycles. The number of hydrogen-bond donors (Lipinski definition) is 2. The van der Waals surface area contributed by atoms with E-state index in [1.54, 1.807) is 6.92 Å². The summed E-state index contributed by atoms with van der Waals surface area (Å²) in [5, 5.41) is 2.02. The number of rotatable bonds is 5. The Kier molecular flexibility index (Phi) is 4.39. The topological polar surface area (TPSA) is 103 Å². The van der Waals surface area contributed by atoms with Gasteiger partial charge in [-0.15, -0.1) is 11.3 Å². The Bertz CT molecular complexity index is 1080. The van der Waals surface area contributed by atoms with Crippen LogP contribution in [0.4, 0.5) is 0 Å². The molecule has 7 nitrogen and oxygen atoms in total. The van der Waals surface area contributed by atoms with Crippen LogP contribution < -0.4 is 11.2 Å². The van der Waals surface area contributed by atoms with Crippen LogP contribution in [-0.2, 0) is 16.6 Å². The second-order valence-electron chi connectivity index (χ2n) is 5.13. The minimum atomic E-state index is -3.75. The maximum atomic E-state index is 12.9. The molecule has 0 aliphatic rings. The molecule has 0 aliphatic heterocycles. The standard InChI is InChI=1S/C15H15N3O4S2/c1-2-18(9-10-4-3-7-23-10)24(21,22)11-5-6-13-12(8-11)14(19)17-15(20)16-13/h3-8H,2,9H2,1H3,(H2,16,17,19,20). The summed E-state index contributed by atoms with van der Waals surface area (Å²) in [5.74, 6) is 0. The minimum Gasteiger partial charge on any atom is -0.307 e. The predicted molar refractivity (Wildman–Crippen MR) is 92.8 cm³/mol. The number of fused-ring (bicyclic) bond motifs is 1. The lowest BCUT2D eigenvalue weighted by Crippen LogP contribution is -2.30. The molecule has 0 unspecified atom stereocenters. The minimum absolute atomic E-state index is 0.0194. The molecule has 126 valence electrons. The molecule has 3 rings (SSSR count). The lowest BCUT2D eigenvalue weighted by Gasteiger charge is -2.20. The molecule has 0 atom stereocenters. The average molecular weight is 365 g/mol. The van der Waals surface area contributed by atoms with Crippen LogP contribution in [0.1, 0.15) is 11.8 Å². The van der Waals surface area contributed by atoms with E-state index in [-0.39, 0.29) is 16.8 Å². The van der Waals surface area contributed by atoms with Crippen molar-refractivity contribution in [3.05, 3.63) is 61.4 Å². The van der Waals surface area contributed by atoms with Crippen molar-refractivity contribution in [3.8, 4) is 0 Å². The van der Waals surface area contributed by atoms with E-state index in [2.05, 4.69) is 9.97 Å². The number of benzene rings is 1. The third kappa shape index (κ3) is 3.05. The molecule has 3 aromatic rings. The third-order valence-corrected chi connectivity index (χ3v) is 6.39. The van der Waals surface area contributed by atoms with Crippen LogP contribution in [0.15, 0.2) is 50.2 Å². The van der Waals surface area contributed by atoms with Gasteiger partial charge in [0, 0.05) is 18.0 Å². The molecule has 2 heterocycles. The molecule has 0 saturated carbocycles. The third-order valence-electron chi connectivity index (χ3n) is 3.61. The molecular weight excluding hydrogens is 350 g/mol. The Balaban J connectivity index is 2.07. The van der Waals surface area contributed by atoms with Crippen molar-refractivity contribution in [1.82, 2.24) is 14.3 Å². The van der Waals surface area contributed by atoms with Gasteiger partial charge in [-0.3, -0.25) is 9.78 Å². The van der Waals surface area contributed by atoms with E-state index >= 15 is 0 Å². The number of nitrogens with one attached hydrogen (secondary N) is 2. The highest BCUT2D eigenvalue weighted by Gasteiger charge is 2.24. The molecule has 0 bridgehead atoms. The Morgan fingerprint density at radius 2 is 1.96 bits per heavy atom. The summed E-state index contributed by atoms with van der Waals surface area (Å²) >= 11 is 1.48. The normalized spacial score (nSPS) is 12.1. The van der Waals surface area contributed by atoms with Gasteiger partial charge >= 0.3 is 5.69 Å². The van der Waals surface area contributed by atoms with Crippen molar-refractivity contribution in [2.24, 2.45) is 0 Å². The first-order valence-corrected chi connectivity index (χ1v) is 9.52. The largest absolute Gasteiger partial charge is 0.326 e. The Labute approximate surface area is 141 Å². The van der Waals surface area contributed by atoms with Gasteiger partial charge in [0.05, 0.1) is 15.8 Å². The van der Waals surface area contributed by atoms with E-state index in [1.165, 1.54) is 33.8 Å². The quantitative estimate of drug-likeness (QED) is 0.715. The van der Waals surface area contributed by atoms with Gasteiger partial charge in [0.25, 0.3) is 5.56 Å². The lowest BCUT2D eigenvalue weighted by molar-refractivity contribution is 0.426. The zero-order chi connectivity index (χ0) is 17.3. The zero-order valence-electron chi connectivity index (χ0n) is 12.8. The molecule has 2 N–H and O–H groups in total. The van der Waals surface area contributed by atoms with Crippen molar-refractivity contribution in [2.45, 2.75) is 18.4 Å². The van der Waals surface area contributed by atoms with E-state index in [0.717, 1.165) is 4.88 Å². The first-order valence-electron chi connectivity index (χ1n) is 7.20. The van der Waals surface area contributed by atoms with Crippen LogP contribution in [-0.4, -0.2) is 29.2 Å². The second-order valence-corrected chi connectivity index (χ2v) is 8.10. The Morgan fingerprint density at radius 1 is 1.17 bits per heavy atom. The molecule has 0 radical (unpaired) electrons. The van der Waals surface area contributed by atoms with Crippen molar-refractivity contribution >= 4 is 32.3 Å². The SMILES string of the molecule is CCN(Cc1cccs1)S(=O)(=O)c1ccc2[nH]c(=O)[nH]c(=O)c2c1. The first-order chi connectivity index (χ1) is 11.4. The molecule has 9 heteroatoms. The summed E-state index contributed by atoms with van der Waals surface area (Å²) in [6.07, 6.45) is 0. The molecule has 0 fully saturated rings. The monoisotopic (exact) mass is 365 g/mol. The van der Waals surface area contributed by atoms with Gasteiger partial charge < -0.3 is 4.98 Å². The highest BCUT2D eigenvalue weighted by molar-refractivity contribution is 7.89. The van der Waals surface area contributed by atoms with Gasteiger partial charge in [-0.1, -0.05) is 13.0 Å². The zero-order valence-corrected chi connectivity index (χ0v) is 14.4.